The Balaban J connectivity index is 1.99. The van der Waals surface area contributed by atoms with Gasteiger partial charge in [0, 0.05) is 18.3 Å². The summed E-state index contributed by atoms with van der Waals surface area (Å²) in [6.45, 7) is 6.25. The molecule has 2 saturated carbocycles. The van der Waals surface area contributed by atoms with Gasteiger partial charge in [-0.05, 0) is 29.2 Å². The van der Waals surface area contributed by atoms with Crippen molar-refractivity contribution in [2.45, 2.75) is 33.6 Å². The molecule has 3 aliphatic rings. The van der Waals surface area contributed by atoms with E-state index in [4.69, 9.17) is 0 Å². The Hall–Kier alpha value is -0.920. The van der Waals surface area contributed by atoms with Gasteiger partial charge >= 0.3 is 0 Å². The predicted octanol–water partition coefficient (Wildman–Crippen LogP) is 2.38. The number of hydrogen-bond acceptors (Lipinski definition) is 2. The van der Waals surface area contributed by atoms with Crippen LogP contribution in [0.4, 0.5) is 0 Å². The van der Waals surface area contributed by atoms with Crippen molar-refractivity contribution in [3.63, 3.8) is 0 Å². The molecule has 3 aliphatic carbocycles. The van der Waals surface area contributed by atoms with Gasteiger partial charge in [-0.25, -0.2) is 0 Å². The third-order valence-electron chi connectivity index (χ3n) is 4.56. The van der Waals surface area contributed by atoms with Crippen LogP contribution in [0.5, 0.6) is 0 Å². The maximum atomic E-state index is 12.4. The Morgan fingerprint density at radius 3 is 2.56 bits per heavy atom. The van der Waals surface area contributed by atoms with Gasteiger partial charge in [-0.1, -0.05) is 26.8 Å². The fourth-order valence-corrected chi connectivity index (χ4v) is 3.84. The molecule has 3 rings (SSSR count). The van der Waals surface area contributed by atoms with Crippen molar-refractivity contribution in [2.75, 3.05) is 0 Å². The lowest BCUT2D eigenvalue weighted by molar-refractivity contribution is -0.126. The van der Waals surface area contributed by atoms with Gasteiger partial charge in [-0.15, -0.1) is 0 Å². The molecule has 0 heterocycles. The van der Waals surface area contributed by atoms with Crippen molar-refractivity contribution in [3.05, 3.63) is 11.6 Å². The fourth-order valence-electron chi connectivity index (χ4n) is 3.84. The Morgan fingerprint density at radius 1 is 1.25 bits per heavy atom. The third-order valence-corrected chi connectivity index (χ3v) is 4.56. The number of ketones is 2. The molecule has 2 heteroatoms. The van der Waals surface area contributed by atoms with E-state index in [-0.39, 0.29) is 23.2 Å². The lowest BCUT2D eigenvalue weighted by atomic mass is 9.78. The van der Waals surface area contributed by atoms with E-state index in [1.807, 2.05) is 0 Å². The molecule has 16 heavy (non-hydrogen) atoms. The number of carbonyl (C=O) groups excluding carboxylic acids is 2. The van der Waals surface area contributed by atoms with Gasteiger partial charge in [-0.3, -0.25) is 9.59 Å². The van der Waals surface area contributed by atoms with Crippen molar-refractivity contribution < 1.29 is 9.59 Å². The zero-order valence-corrected chi connectivity index (χ0v) is 10.1. The summed E-state index contributed by atoms with van der Waals surface area (Å²) in [5, 5.41) is 0. The number of rotatable bonds is 0. The largest absolute Gasteiger partial charge is 0.299 e. The summed E-state index contributed by atoms with van der Waals surface area (Å²) in [7, 11) is 0. The minimum absolute atomic E-state index is 0.0656. The van der Waals surface area contributed by atoms with Gasteiger partial charge < -0.3 is 0 Å². The van der Waals surface area contributed by atoms with Crippen LogP contribution in [0, 0.1) is 29.1 Å². The highest BCUT2D eigenvalue weighted by atomic mass is 16.1. The topological polar surface area (TPSA) is 34.1 Å². The van der Waals surface area contributed by atoms with Crippen LogP contribution in [0.25, 0.3) is 0 Å². The van der Waals surface area contributed by atoms with Crippen LogP contribution in [-0.2, 0) is 9.59 Å². The van der Waals surface area contributed by atoms with E-state index < -0.39 is 0 Å². The molecule has 0 amide bonds. The number of allylic oxidation sites excluding steroid dienone is 2. The molecule has 0 N–H and O–H groups in total. The molecular formula is C14H18O2. The predicted molar refractivity (Wildman–Crippen MR) is 60.7 cm³/mol. The monoisotopic (exact) mass is 218 g/mol. The van der Waals surface area contributed by atoms with E-state index in [1.165, 1.54) is 0 Å². The first-order chi connectivity index (χ1) is 7.39. The van der Waals surface area contributed by atoms with Crippen LogP contribution in [0.1, 0.15) is 33.6 Å². The number of hydrogen-bond donors (Lipinski definition) is 0. The van der Waals surface area contributed by atoms with Gasteiger partial charge in [0.1, 0.15) is 5.78 Å². The van der Waals surface area contributed by atoms with Gasteiger partial charge in [0.2, 0.25) is 0 Å². The van der Waals surface area contributed by atoms with E-state index >= 15 is 0 Å². The summed E-state index contributed by atoms with van der Waals surface area (Å²) < 4.78 is 0. The van der Waals surface area contributed by atoms with E-state index in [2.05, 4.69) is 26.8 Å². The normalized spacial score (nSPS) is 41.6. The first-order valence-corrected chi connectivity index (χ1v) is 6.19. The Kier molecular flexibility index (Phi) is 1.82. The fraction of sp³-hybridized carbons (Fsp3) is 0.714. The summed E-state index contributed by atoms with van der Waals surface area (Å²) in [5.74, 6) is 1.64. The summed E-state index contributed by atoms with van der Waals surface area (Å²) in [6.07, 6.45) is 3.74. The molecule has 0 aromatic carbocycles. The first-order valence-electron chi connectivity index (χ1n) is 6.19. The van der Waals surface area contributed by atoms with Crippen molar-refractivity contribution in [1.29, 1.82) is 0 Å². The molecule has 0 aromatic heterocycles. The van der Waals surface area contributed by atoms with Crippen LogP contribution in [0.15, 0.2) is 11.6 Å². The zero-order chi connectivity index (χ0) is 11.7. The lowest BCUT2D eigenvalue weighted by Gasteiger charge is -2.23. The summed E-state index contributed by atoms with van der Waals surface area (Å²) in [4.78, 5) is 24.1. The zero-order valence-electron chi connectivity index (χ0n) is 10.1. The summed E-state index contributed by atoms with van der Waals surface area (Å²) >= 11 is 0. The maximum absolute atomic E-state index is 12.4. The van der Waals surface area contributed by atoms with Crippen molar-refractivity contribution in [2.24, 2.45) is 29.1 Å². The molecule has 4 atom stereocenters. The lowest BCUT2D eigenvalue weighted by Crippen LogP contribution is -2.29. The van der Waals surface area contributed by atoms with Crippen LogP contribution in [0.3, 0.4) is 0 Å². The van der Waals surface area contributed by atoms with Crippen LogP contribution in [0.2, 0.25) is 0 Å². The van der Waals surface area contributed by atoms with E-state index in [0.29, 0.717) is 23.9 Å². The van der Waals surface area contributed by atoms with Crippen molar-refractivity contribution in [1.82, 2.24) is 0 Å². The van der Waals surface area contributed by atoms with E-state index in [9.17, 15) is 9.59 Å². The SMILES string of the molecule is CC(C)(C)C1=C[C@H]2[C@@H](C1=O)[C@@H]1CC(=O)[C@H]2C1. The second-order valence-electron chi connectivity index (χ2n) is 6.57. The molecule has 86 valence electrons. The third kappa shape index (κ3) is 1.13. The molecule has 0 unspecified atom stereocenters. The van der Waals surface area contributed by atoms with Gasteiger partial charge in [-0.2, -0.15) is 0 Å². The summed E-state index contributed by atoms with van der Waals surface area (Å²) in [5.41, 5.74) is 0.899. The highest BCUT2D eigenvalue weighted by molar-refractivity contribution is 6.04. The van der Waals surface area contributed by atoms with Gasteiger partial charge in [0.25, 0.3) is 0 Å². The molecule has 0 spiro atoms. The molecule has 2 fully saturated rings. The van der Waals surface area contributed by atoms with E-state index in [0.717, 1.165) is 12.0 Å². The maximum Gasteiger partial charge on any atom is 0.163 e. The number of carbonyl (C=O) groups is 2. The van der Waals surface area contributed by atoms with Crippen molar-refractivity contribution in [3.8, 4) is 0 Å². The Morgan fingerprint density at radius 2 is 1.94 bits per heavy atom. The second kappa shape index (κ2) is 2.85. The second-order valence-corrected chi connectivity index (χ2v) is 6.57. The molecule has 2 bridgehead atoms. The average molecular weight is 218 g/mol. The molecular weight excluding hydrogens is 200 g/mol. The average Bonchev–Trinajstić information content (AvgIpc) is 2.74. The standard InChI is InChI=1S/C14H18O2/c1-14(2,3)10-6-9-8-4-7(5-11(8)15)12(9)13(10)16/h6-9,12H,4-5H2,1-3H3/t7-,8-,9+,12-/m0/s1. The molecule has 0 saturated heterocycles. The summed E-state index contributed by atoms with van der Waals surface area (Å²) in [6, 6.07) is 0. The minimum atomic E-state index is -0.0656. The van der Waals surface area contributed by atoms with E-state index in [1.54, 1.807) is 0 Å². The quantitative estimate of drug-likeness (QED) is 0.625. The highest BCUT2D eigenvalue weighted by Crippen LogP contribution is 2.56. The van der Waals surface area contributed by atoms with Crippen molar-refractivity contribution >= 4 is 11.6 Å². The van der Waals surface area contributed by atoms with Crippen LogP contribution < -0.4 is 0 Å². The molecule has 0 aliphatic heterocycles. The van der Waals surface area contributed by atoms with Crippen LogP contribution >= 0.6 is 0 Å². The highest BCUT2D eigenvalue weighted by Gasteiger charge is 2.57. The molecule has 0 radical (unpaired) electrons. The number of fused-ring (bicyclic) bond motifs is 5. The Bertz CT molecular complexity index is 411. The van der Waals surface area contributed by atoms with Gasteiger partial charge in [0.15, 0.2) is 5.78 Å². The van der Waals surface area contributed by atoms with Crippen LogP contribution in [-0.4, -0.2) is 11.6 Å². The minimum Gasteiger partial charge on any atom is -0.299 e. The molecule has 0 aromatic rings. The van der Waals surface area contributed by atoms with Gasteiger partial charge in [0.05, 0.1) is 0 Å². The Labute approximate surface area is 96.1 Å². The smallest absolute Gasteiger partial charge is 0.163 e. The first kappa shape index (κ1) is 10.2. The molecule has 2 nitrogen and oxygen atoms in total. The number of Topliss-reactive ketones (excluding diaryl/α,β-unsaturated/α-hetero) is 2.